The summed E-state index contributed by atoms with van der Waals surface area (Å²) in [6.45, 7) is 1.87. The van der Waals surface area contributed by atoms with Crippen molar-refractivity contribution in [3.05, 3.63) is 0 Å². The van der Waals surface area contributed by atoms with Gasteiger partial charge < -0.3 is 15.2 Å². The fourth-order valence-electron chi connectivity index (χ4n) is 1.30. The lowest BCUT2D eigenvalue weighted by Crippen LogP contribution is -2.43. The third-order valence-corrected chi connectivity index (χ3v) is 2.72. The Morgan fingerprint density at radius 1 is 1.53 bits per heavy atom. The summed E-state index contributed by atoms with van der Waals surface area (Å²) in [7, 11) is 1.59. The molecule has 1 unspecified atom stereocenters. The fourth-order valence-corrected chi connectivity index (χ4v) is 1.30. The average molecular weight is 215 g/mol. The van der Waals surface area contributed by atoms with E-state index in [9.17, 15) is 9.59 Å². The van der Waals surface area contributed by atoms with Crippen LogP contribution in [0.3, 0.4) is 0 Å². The quantitative estimate of drug-likeness (QED) is 0.678. The van der Waals surface area contributed by atoms with Crippen molar-refractivity contribution >= 4 is 11.9 Å². The van der Waals surface area contributed by atoms with Gasteiger partial charge in [0.2, 0.25) is 5.91 Å². The van der Waals surface area contributed by atoms with E-state index in [-0.39, 0.29) is 12.0 Å². The lowest BCUT2D eigenvalue weighted by molar-refractivity contribution is -0.143. The van der Waals surface area contributed by atoms with Crippen LogP contribution >= 0.6 is 0 Å². The molecule has 0 aromatic heterocycles. The predicted octanol–water partition coefficient (Wildman–Crippen LogP) is 0.535. The molecule has 1 fully saturated rings. The molecule has 15 heavy (non-hydrogen) atoms. The molecule has 2 N–H and O–H groups in total. The van der Waals surface area contributed by atoms with E-state index in [1.165, 1.54) is 0 Å². The summed E-state index contributed by atoms with van der Waals surface area (Å²) < 4.78 is 5.00. The van der Waals surface area contributed by atoms with Crippen molar-refractivity contribution in [3.63, 3.8) is 0 Å². The highest BCUT2D eigenvalue weighted by molar-refractivity contribution is 5.89. The summed E-state index contributed by atoms with van der Waals surface area (Å²) in [5.74, 6) is -1.14. The van der Waals surface area contributed by atoms with Crippen molar-refractivity contribution in [1.29, 1.82) is 0 Å². The molecule has 0 saturated heterocycles. The van der Waals surface area contributed by atoms with E-state index in [0.717, 1.165) is 0 Å². The average Bonchev–Trinajstić information content (AvgIpc) is 2.95. The second-order valence-electron chi connectivity index (χ2n) is 4.02. The topological polar surface area (TPSA) is 75.6 Å². The predicted molar refractivity (Wildman–Crippen MR) is 53.4 cm³/mol. The van der Waals surface area contributed by atoms with Crippen LogP contribution in [0.5, 0.6) is 0 Å². The van der Waals surface area contributed by atoms with Gasteiger partial charge in [0.05, 0.1) is 6.10 Å². The Morgan fingerprint density at radius 2 is 2.13 bits per heavy atom. The summed E-state index contributed by atoms with van der Waals surface area (Å²) in [4.78, 5) is 22.2. The van der Waals surface area contributed by atoms with Crippen LogP contribution in [-0.2, 0) is 14.3 Å². The molecular formula is C10H17NO4. The molecule has 1 aliphatic carbocycles. The van der Waals surface area contributed by atoms with Crippen molar-refractivity contribution < 1.29 is 19.4 Å². The first-order valence-electron chi connectivity index (χ1n) is 5.07. The van der Waals surface area contributed by atoms with E-state index in [1.54, 1.807) is 7.11 Å². The minimum Gasteiger partial charge on any atom is -0.480 e. The van der Waals surface area contributed by atoms with E-state index in [2.05, 4.69) is 5.32 Å². The van der Waals surface area contributed by atoms with Gasteiger partial charge in [0.1, 0.15) is 5.54 Å². The highest BCUT2D eigenvalue weighted by atomic mass is 16.5. The third kappa shape index (κ3) is 3.20. The first kappa shape index (κ1) is 12.0. The zero-order valence-electron chi connectivity index (χ0n) is 9.08. The molecule has 1 rings (SSSR count). The highest BCUT2D eigenvalue weighted by Gasteiger charge is 2.51. The number of methoxy groups -OCH3 is 1. The number of hydrogen-bond acceptors (Lipinski definition) is 3. The molecule has 0 heterocycles. The molecule has 0 aliphatic heterocycles. The molecular weight excluding hydrogens is 198 g/mol. The lowest BCUT2D eigenvalue weighted by Gasteiger charge is -2.13. The second-order valence-corrected chi connectivity index (χ2v) is 4.02. The zero-order valence-corrected chi connectivity index (χ0v) is 9.08. The van der Waals surface area contributed by atoms with E-state index >= 15 is 0 Å². The number of amides is 1. The van der Waals surface area contributed by atoms with E-state index in [1.807, 2.05) is 6.92 Å². The van der Waals surface area contributed by atoms with Crippen LogP contribution in [0.2, 0.25) is 0 Å². The largest absolute Gasteiger partial charge is 0.480 e. The Labute approximate surface area is 88.8 Å². The highest BCUT2D eigenvalue weighted by Crippen LogP contribution is 2.35. The second kappa shape index (κ2) is 4.61. The van der Waals surface area contributed by atoms with Crippen molar-refractivity contribution in [2.24, 2.45) is 0 Å². The van der Waals surface area contributed by atoms with Crippen molar-refractivity contribution in [2.45, 2.75) is 44.2 Å². The summed E-state index contributed by atoms with van der Waals surface area (Å²) in [5, 5.41) is 11.4. The molecule has 0 aromatic carbocycles. The van der Waals surface area contributed by atoms with Crippen molar-refractivity contribution in [3.8, 4) is 0 Å². The van der Waals surface area contributed by atoms with Crippen LogP contribution in [0.4, 0.5) is 0 Å². The molecule has 5 heteroatoms. The monoisotopic (exact) mass is 215 g/mol. The molecule has 1 saturated carbocycles. The summed E-state index contributed by atoms with van der Waals surface area (Å²) in [5.41, 5.74) is -0.965. The Bertz CT molecular complexity index is 260. The number of ether oxygens (including phenoxy) is 1. The van der Waals surface area contributed by atoms with Crippen LogP contribution in [-0.4, -0.2) is 35.7 Å². The summed E-state index contributed by atoms with van der Waals surface area (Å²) in [6.07, 6.45) is 2.01. The fraction of sp³-hybridized carbons (Fsp3) is 0.800. The minimum atomic E-state index is -0.965. The van der Waals surface area contributed by atoms with Gasteiger partial charge in [-0.1, -0.05) is 0 Å². The SMILES string of the molecule is COC(C)CCC(=O)NC1(C(=O)O)CC1. The third-order valence-electron chi connectivity index (χ3n) is 2.72. The molecule has 1 atom stereocenters. The number of carbonyl (C=O) groups is 2. The van der Waals surface area contributed by atoms with Gasteiger partial charge in [-0.2, -0.15) is 0 Å². The zero-order chi connectivity index (χ0) is 11.5. The maximum absolute atomic E-state index is 11.4. The van der Waals surface area contributed by atoms with Crippen LogP contribution in [0.1, 0.15) is 32.6 Å². The molecule has 0 aromatic rings. The Kier molecular flexibility index (Phi) is 3.68. The molecule has 0 spiro atoms. The maximum atomic E-state index is 11.4. The molecule has 5 nitrogen and oxygen atoms in total. The molecule has 86 valence electrons. The first-order valence-corrected chi connectivity index (χ1v) is 5.07. The lowest BCUT2D eigenvalue weighted by atomic mass is 10.2. The number of rotatable bonds is 6. The Morgan fingerprint density at radius 3 is 2.53 bits per heavy atom. The van der Waals surface area contributed by atoms with Gasteiger partial charge in [0.25, 0.3) is 0 Å². The van der Waals surface area contributed by atoms with Gasteiger partial charge in [0, 0.05) is 13.5 Å². The van der Waals surface area contributed by atoms with Crippen LogP contribution < -0.4 is 5.32 Å². The van der Waals surface area contributed by atoms with Gasteiger partial charge in [-0.05, 0) is 26.2 Å². The van der Waals surface area contributed by atoms with Crippen LogP contribution in [0, 0.1) is 0 Å². The number of hydrogen-bond donors (Lipinski definition) is 2. The van der Waals surface area contributed by atoms with Crippen molar-refractivity contribution in [2.75, 3.05) is 7.11 Å². The molecule has 1 aliphatic rings. The number of aliphatic carboxylic acids is 1. The first-order chi connectivity index (χ1) is 7.00. The van der Waals surface area contributed by atoms with E-state index in [0.29, 0.717) is 25.7 Å². The molecule has 1 amide bonds. The minimum absolute atomic E-state index is 0.0238. The summed E-state index contributed by atoms with van der Waals surface area (Å²) >= 11 is 0. The Balaban J connectivity index is 2.28. The normalized spacial score (nSPS) is 19.3. The van der Waals surface area contributed by atoms with Gasteiger partial charge >= 0.3 is 5.97 Å². The van der Waals surface area contributed by atoms with E-state index < -0.39 is 11.5 Å². The number of carbonyl (C=O) groups excluding carboxylic acids is 1. The standard InChI is InChI=1S/C10H17NO4/c1-7(15-2)3-4-8(12)11-10(5-6-10)9(13)14/h7H,3-6H2,1-2H3,(H,11,12)(H,13,14). The van der Waals surface area contributed by atoms with Crippen molar-refractivity contribution in [1.82, 2.24) is 5.32 Å². The maximum Gasteiger partial charge on any atom is 0.329 e. The van der Waals surface area contributed by atoms with E-state index in [4.69, 9.17) is 9.84 Å². The molecule has 0 radical (unpaired) electrons. The van der Waals surface area contributed by atoms with Crippen LogP contribution in [0.15, 0.2) is 0 Å². The van der Waals surface area contributed by atoms with Gasteiger partial charge in [-0.15, -0.1) is 0 Å². The number of nitrogens with one attached hydrogen (secondary N) is 1. The summed E-state index contributed by atoms with van der Waals surface area (Å²) in [6, 6.07) is 0. The van der Waals surface area contributed by atoms with Crippen LogP contribution in [0.25, 0.3) is 0 Å². The number of carboxylic acids is 1. The Hall–Kier alpha value is -1.10. The smallest absolute Gasteiger partial charge is 0.329 e. The van der Waals surface area contributed by atoms with Gasteiger partial charge in [-0.25, -0.2) is 4.79 Å². The van der Waals surface area contributed by atoms with Gasteiger partial charge in [-0.3, -0.25) is 4.79 Å². The van der Waals surface area contributed by atoms with Gasteiger partial charge in [0.15, 0.2) is 0 Å². The molecule has 0 bridgehead atoms. The number of carboxylic acid groups (broad SMARTS) is 1.